The van der Waals surface area contributed by atoms with Crippen LogP contribution in [0.15, 0.2) is 17.5 Å². The van der Waals surface area contributed by atoms with Gasteiger partial charge in [-0.25, -0.2) is 4.98 Å². The monoisotopic (exact) mass is 243 g/mol. The summed E-state index contributed by atoms with van der Waals surface area (Å²) < 4.78 is 0. The summed E-state index contributed by atoms with van der Waals surface area (Å²) >= 11 is 1.83. The van der Waals surface area contributed by atoms with Crippen LogP contribution in [-0.2, 0) is 0 Å². The first-order valence-corrected chi connectivity index (χ1v) is 7.07. The molecule has 3 rings (SSSR count). The first kappa shape index (κ1) is 11.0. The van der Waals surface area contributed by atoms with Gasteiger partial charge in [-0.2, -0.15) is 0 Å². The summed E-state index contributed by atoms with van der Waals surface area (Å²) in [6.07, 6.45) is 2.66. The molecule has 0 N–H and O–H groups in total. The van der Waals surface area contributed by atoms with Gasteiger partial charge in [0.15, 0.2) is 0 Å². The van der Waals surface area contributed by atoms with Crippen LogP contribution in [-0.4, -0.2) is 4.98 Å². The molecule has 1 heterocycles. The Labute approximate surface area is 107 Å². The number of hydrogen-bond acceptors (Lipinski definition) is 2. The highest BCUT2D eigenvalue weighted by molar-refractivity contribution is 7.10. The van der Waals surface area contributed by atoms with Gasteiger partial charge in [0.1, 0.15) is 0 Å². The van der Waals surface area contributed by atoms with E-state index < -0.39 is 0 Å². The van der Waals surface area contributed by atoms with Crippen molar-refractivity contribution in [1.82, 2.24) is 4.98 Å². The average molecular weight is 243 g/mol. The molecule has 0 unspecified atom stereocenters. The Morgan fingerprint density at radius 3 is 2.35 bits per heavy atom. The predicted molar refractivity (Wildman–Crippen MR) is 73.7 cm³/mol. The molecule has 1 aliphatic rings. The zero-order chi connectivity index (χ0) is 12.0. The van der Waals surface area contributed by atoms with E-state index in [1.54, 1.807) is 0 Å². The SMILES string of the molecule is Cc1cc(C)c(-c2csc(C3CC3)n2)c(C)c1. The van der Waals surface area contributed by atoms with Gasteiger partial charge in [-0.05, 0) is 44.7 Å². The fourth-order valence-corrected chi connectivity index (χ4v) is 3.49. The van der Waals surface area contributed by atoms with Crippen molar-refractivity contribution in [2.24, 2.45) is 0 Å². The maximum atomic E-state index is 4.81. The van der Waals surface area contributed by atoms with E-state index in [2.05, 4.69) is 38.3 Å². The maximum Gasteiger partial charge on any atom is 0.0963 e. The molecular formula is C15H17NS. The Morgan fingerprint density at radius 2 is 1.76 bits per heavy atom. The molecule has 1 aromatic carbocycles. The number of aryl methyl sites for hydroxylation is 3. The molecule has 1 fully saturated rings. The standard InChI is InChI=1S/C15H17NS/c1-9-6-10(2)14(11(3)7-9)13-8-17-15(16-13)12-4-5-12/h6-8,12H,4-5H2,1-3H3. The van der Waals surface area contributed by atoms with E-state index in [1.165, 1.54) is 45.8 Å². The van der Waals surface area contributed by atoms with Crippen LogP contribution in [0.1, 0.15) is 40.5 Å². The van der Waals surface area contributed by atoms with Gasteiger partial charge >= 0.3 is 0 Å². The van der Waals surface area contributed by atoms with Crippen molar-refractivity contribution in [2.75, 3.05) is 0 Å². The van der Waals surface area contributed by atoms with Gasteiger partial charge in [0, 0.05) is 16.9 Å². The molecule has 1 aromatic heterocycles. The molecule has 2 heteroatoms. The number of nitrogens with zero attached hydrogens (tertiary/aromatic N) is 1. The first-order valence-electron chi connectivity index (χ1n) is 6.19. The molecule has 88 valence electrons. The number of rotatable bonds is 2. The van der Waals surface area contributed by atoms with Crippen LogP contribution in [0.2, 0.25) is 0 Å². The normalized spacial score (nSPS) is 15.2. The van der Waals surface area contributed by atoms with Crippen LogP contribution in [0.4, 0.5) is 0 Å². The molecule has 0 aliphatic heterocycles. The van der Waals surface area contributed by atoms with E-state index in [1.807, 2.05) is 11.3 Å². The lowest BCUT2D eigenvalue weighted by Gasteiger charge is -2.08. The summed E-state index contributed by atoms with van der Waals surface area (Å²) in [6, 6.07) is 4.50. The molecule has 0 bridgehead atoms. The van der Waals surface area contributed by atoms with Gasteiger partial charge < -0.3 is 0 Å². The molecule has 1 nitrogen and oxygen atoms in total. The second-order valence-corrected chi connectivity index (χ2v) is 6.01. The zero-order valence-electron chi connectivity index (χ0n) is 10.6. The van der Waals surface area contributed by atoms with E-state index in [9.17, 15) is 0 Å². The van der Waals surface area contributed by atoms with Crippen molar-refractivity contribution in [3.8, 4) is 11.3 Å². The summed E-state index contributed by atoms with van der Waals surface area (Å²) in [5.41, 5.74) is 6.53. The van der Waals surface area contributed by atoms with Gasteiger partial charge in [0.05, 0.1) is 10.7 Å². The number of benzene rings is 1. The Kier molecular flexibility index (Phi) is 2.55. The first-order chi connectivity index (χ1) is 8.15. The highest BCUT2D eigenvalue weighted by Gasteiger charge is 2.27. The van der Waals surface area contributed by atoms with Crippen LogP contribution >= 0.6 is 11.3 Å². The highest BCUT2D eigenvalue weighted by Crippen LogP contribution is 2.43. The van der Waals surface area contributed by atoms with E-state index in [-0.39, 0.29) is 0 Å². The van der Waals surface area contributed by atoms with Crippen molar-refractivity contribution < 1.29 is 0 Å². The molecule has 0 atom stereocenters. The van der Waals surface area contributed by atoms with E-state index >= 15 is 0 Å². The Balaban J connectivity index is 2.07. The quantitative estimate of drug-likeness (QED) is 0.750. The fraction of sp³-hybridized carbons (Fsp3) is 0.400. The Morgan fingerprint density at radius 1 is 1.12 bits per heavy atom. The Hall–Kier alpha value is -1.15. The smallest absolute Gasteiger partial charge is 0.0963 e. The molecule has 0 saturated heterocycles. The molecule has 0 spiro atoms. The van der Waals surface area contributed by atoms with E-state index in [0.29, 0.717) is 0 Å². The van der Waals surface area contributed by atoms with Crippen molar-refractivity contribution in [2.45, 2.75) is 39.5 Å². The zero-order valence-corrected chi connectivity index (χ0v) is 11.4. The van der Waals surface area contributed by atoms with Gasteiger partial charge in [0.2, 0.25) is 0 Å². The molecule has 1 aliphatic carbocycles. The largest absolute Gasteiger partial charge is 0.241 e. The Bertz CT molecular complexity index is 541. The van der Waals surface area contributed by atoms with Crippen molar-refractivity contribution in [1.29, 1.82) is 0 Å². The number of thiazole rings is 1. The van der Waals surface area contributed by atoms with E-state index in [0.717, 1.165) is 5.92 Å². The summed E-state index contributed by atoms with van der Waals surface area (Å²) in [5, 5.41) is 3.55. The number of hydrogen-bond donors (Lipinski definition) is 0. The molecule has 17 heavy (non-hydrogen) atoms. The summed E-state index contributed by atoms with van der Waals surface area (Å²) in [4.78, 5) is 4.81. The highest BCUT2D eigenvalue weighted by atomic mass is 32.1. The third kappa shape index (κ3) is 2.02. The second-order valence-electron chi connectivity index (χ2n) is 5.12. The lowest BCUT2D eigenvalue weighted by Crippen LogP contribution is -1.90. The van der Waals surface area contributed by atoms with Crippen LogP contribution in [0.3, 0.4) is 0 Å². The number of aromatic nitrogens is 1. The van der Waals surface area contributed by atoms with Crippen molar-refractivity contribution >= 4 is 11.3 Å². The van der Waals surface area contributed by atoms with Gasteiger partial charge in [-0.3, -0.25) is 0 Å². The van der Waals surface area contributed by atoms with Crippen molar-refractivity contribution in [3.63, 3.8) is 0 Å². The van der Waals surface area contributed by atoms with Crippen LogP contribution in [0.25, 0.3) is 11.3 Å². The maximum absolute atomic E-state index is 4.81. The second kappa shape index (κ2) is 3.95. The van der Waals surface area contributed by atoms with Crippen molar-refractivity contribution in [3.05, 3.63) is 39.2 Å². The minimum atomic E-state index is 0.764. The minimum absolute atomic E-state index is 0.764. The van der Waals surface area contributed by atoms with Gasteiger partial charge in [-0.1, -0.05) is 17.7 Å². The third-order valence-corrected chi connectivity index (χ3v) is 4.39. The van der Waals surface area contributed by atoms with Gasteiger partial charge in [-0.15, -0.1) is 11.3 Å². The van der Waals surface area contributed by atoms with Crippen LogP contribution in [0.5, 0.6) is 0 Å². The minimum Gasteiger partial charge on any atom is -0.241 e. The average Bonchev–Trinajstić information content (AvgIpc) is 2.98. The topological polar surface area (TPSA) is 12.9 Å². The summed E-state index contributed by atoms with van der Waals surface area (Å²) in [6.45, 7) is 6.53. The fourth-order valence-electron chi connectivity index (χ4n) is 2.50. The van der Waals surface area contributed by atoms with E-state index in [4.69, 9.17) is 4.98 Å². The predicted octanol–water partition coefficient (Wildman–Crippen LogP) is 4.61. The molecule has 1 saturated carbocycles. The summed E-state index contributed by atoms with van der Waals surface area (Å²) in [7, 11) is 0. The molecular weight excluding hydrogens is 226 g/mol. The summed E-state index contributed by atoms with van der Waals surface area (Å²) in [5.74, 6) is 0.764. The molecule has 2 aromatic rings. The van der Waals surface area contributed by atoms with Crippen LogP contribution in [0, 0.1) is 20.8 Å². The lowest BCUT2D eigenvalue weighted by molar-refractivity contribution is 1.08. The third-order valence-electron chi connectivity index (χ3n) is 3.38. The molecule has 0 amide bonds. The van der Waals surface area contributed by atoms with Gasteiger partial charge in [0.25, 0.3) is 0 Å². The molecule has 0 radical (unpaired) electrons. The lowest BCUT2D eigenvalue weighted by atomic mass is 9.98. The van der Waals surface area contributed by atoms with Crippen LogP contribution < -0.4 is 0 Å².